The highest BCUT2D eigenvalue weighted by Crippen LogP contribution is 2.40. The first-order valence-corrected chi connectivity index (χ1v) is 10.2. The Labute approximate surface area is 173 Å². The van der Waals surface area contributed by atoms with Gasteiger partial charge in [-0.15, -0.1) is 0 Å². The number of pyridine rings is 1. The van der Waals surface area contributed by atoms with Crippen molar-refractivity contribution in [3.63, 3.8) is 0 Å². The largest absolute Gasteiger partial charge is 0.479 e. The quantitative estimate of drug-likeness (QED) is 0.687. The van der Waals surface area contributed by atoms with Gasteiger partial charge in [0.25, 0.3) is 11.8 Å². The number of carbonyl (C=O) groups excluding carboxylic acids is 2. The van der Waals surface area contributed by atoms with Crippen LogP contribution in [0, 0.1) is 0 Å². The molecule has 5 rings (SSSR count). The molecule has 0 spiro atoms. The number of carbonyl (C=O) groups is 2. The fraction of sp³-hybridized carbons (Fsp3) is 0.364. The van der Waals surface area contributed by atoms with E-state index in [0.717, 1.165) is 29.6 Å². The Morgan fingerprint density at radius 1 is 1.30 bits per heavy atom. The summed E-state index contributed by atoms with van der Waals surface area (Å²) in [5, 5.41) is 10.9. The minimum atomic E-state index is -0.540. The Bertz CT molecular complexity index is 1180. The Kier molecular flexibility index (Phi) is 4.23. The van der Waals surface area contributed by atoms with Crippen LogP contribution in [0.5, 0.6) is 5.75 Å². The maximum atomic E-state index is 13.2. The van der Waals surface area contributed by atoms with Gasteiger partial charge < -0.3 is 15.4 Å². The van der Waals surface area contributed by atoms with Crippen LogP contribution in [0.3, 0.4) is 0 Å². The van der Waals surface area contributed by atoms with Gasteiger partial charge in [0.15, 0.2) is 11.8 Å². The van der Waals surface area contributed by atoms with Crippen LogP contribution < -0.4 is 15.4 Å². The second-order valence-corrected chi connectivity index (χ2v) is 8.20. The number of aromatic nitrogens is 3. The molecule has 3 heterocycles. The smallest absolute Gasteiger partial charge is 0.265 e. The lowest BCUT2D eigenvalue weighted by Crippen LogP contribution is -2.34. The SMILES string of the molecule is CC1Oc2ccc(NC(=O)c3cc(C4CC4)nc4c3cnn4C(C)C)cc2NC1=O. The molecule has 2 aromatic heterocycles. The summed E-state index contributed by atoms with van der Waals surface area (Å²) in [6, 6.07) is 7.24. The highest BCUT2D eigenvalue weighted by atomic mass is 16.5. The number of amides is 2. The van der Waals surface area contributed by atoms with E-state index in [1.54, 1.807) is 31.3 Å². The number of hydrogen-bond donors (Lipinski definition) is 2. The highest BCUT2D eigenvalue weighted by Gasteiger charge is 2.28. The molecule has 1 atom stereocenters. The zero-order valence-electron chi connectivity index (χ0n) is 17.1. The summed E-state index contributed by atoms with van der Waals surface area (Å²) >= 11 is 0. The summed E-state index contributed by atoms with van der Waals surface area (Å²) in [6.07, 6.45) is 3.36. The molecular weight excluding hydrogens is 382 g/mol. The molecule has 3 aromatic rings. The lowest BCUT2D eigenvalue weighted by atomic mass is 10.1. The van der Waals surface area contributed by atoms with Crippen LogP contribution in [-0.2, 0) is 4.79 Å². The number of benzene rings is 1. The van der Waals surface area contributed by atoms with E-state index in [9.17, 15) is 9.59 Å². The summed E-state index contributed by atoms with van der Waals surface area (Å²) in [4.78, 5) is 29.9. The normalized spacial score (nSPS) is 18.1. The molecule has 30 heavy (non-hydrogen) atoms. The van der Waals surface area contributed by atoms with E-state index in [4.69, 9.17) is 9.72 Å². The van der Waals surface area contributed by atoms with Gasteiger partial charge in [-0.05, 0) is 57.9 Å². The van der Waals surface area contributed by atoms with Gasteiger partial charge in [0.05, 0.1) is 22.8 Å². The van der Waals surface area contributed by atoms with E-state index in [2.05, 4.69) is 15.7 Å². The van der Waals surface area contributed by atoms with Gasteiger partial charge in [-0.2, -0.15) is 5.10 Å². The summed E-state index contributed by atoms with van der Waals surface area (Å²) in [6.45, 7) is 5.78. The third kappa shape index (κ3) is 3.18. The second-order valence-electron chi connectivity index (χ2n) is 8.20. The van der Waals surface area contributed by atoms with E-state index in [-0.39, 0.29) is 17.9 Å². The highest BCUT2D eigenvalue weighted by molar-refractivity contribution is 6.12. The first-order valence-electron chi connectivity index (χ1n) is 10.2. The molecule has 0 bridgehead atoms. The summed E-state index contributed by atoms with van der Waals surface area (Å²) in [5.41, 5.74) is 3.35. The van der Waals surface area contributed by atoms with Gasteiger partial charge in [-0.1, -0.05) is 0 Å². The van der Waals surface area contributed by atoms with Crippen LogP contribution in [0.1, 0.15) is 61.6 Å². The minimum Gasteiger partial charge on any atom is -0.479 e. The summed E-state index contributed by atoms with van der Waals surface area (Å²) in [7, 11) is 0. The molecule has 2 N–H and O–H groups in total. The van der Waals surface area contributed by atoms with Gasteiger partial charge >= 0.3 is 0 Å². The van der Waals surface area contributed by atoms with Crippen LogP contribution in [0.4, 0.5) is 11.4 Å². The molecular formula is C22H23N5O3. The molecule has 1 aliphatic carbocycles. The van der Waals surface area contributed by atoms with Crippen molar-refractivity contribution in [3.05, 3.63) is 41.7 Å². The van der Waals surface area contributed by atoms with E-state index in [1.807, 2.05) is 24.6 Å². The number of rotatable bonds is 4. The third-order valence-electron chi connectivity index (χ3n) is 5.48. The number of fused-ring (bicyclic) bond motifs is 2. The Morgan fingerprint density at radius 2 is 2.10 bits per heavy atom. The number of anilines is 2. The van der Waals surface area contributed by atoms with Crippen molar-refractivity contribution in [2.24, 2.45) is 0 Å². The molecule has 0 radical (unpaired) electrons. The lowest BCUT2D eigenvalue weighted by molar-refractivity contribution is -0.122. The number of hydrogen-bond acceptors (Lipinski definition) is 5. The van der Waals surface area contributed by atoms with Gasteiger partial charge in [0, 0.05) is 23.3 Å². The van der Waals surface area contributed by atoms with Crippen molar-refractivity contribution in [1.29, 1.82) is 0 Å². The molecule has 1 aliphatic heterocycles. The lowest BCUT2D eigenvalue weighted by Gasteiger charge is -2.23. The average Bonchev–Trinajstić information content (AvgIpc) is 3.47. The van der Waals surface area contributed by atoms with Crippen LogP contribution in [0.15, 0.2) is 30.5 Å². The van der Waals surface area contributed by atoms with Crippen molar-refractivity contribution in [3.8, 4) is 5.75 Å². The summed E-state index contributed by atoms with van der Waals surface area (Å²) < 4.78 is 7.43. The fourth-order valence-electron chi connectivity index (χ4n) is 3.68. The molecule has 8 nitrogen and oxygen atoms in total. The van der Waals surface area contributed by atoms with Crippen molar-refractivity contribution in [2.75, 3.05) is 10.6 Å². The van der Waals surface area contributed by atoms with E-state index in [0.29, 0.717) is 28.6 Å². The minimum absolute atomic E-state index is 0.145. The number of nitrogens with one attached hydrogen (secondary N) is 2. The van der Waals surface area contributed by atoms with E-state index >= 15 is 0 Å². The molecule has 1 unspecified atom stereocenters. The van der Waals surface area contributed by atoms with Gasteiger partial charge in [-0.25, -0.2) is 9.67 Å². The van der Waals surface area contributed by atoms with Gasteiger partial charge in [-0.3, -0.25) is 9.59 Å². The molecule has 1 saturated carbocycles. The van der Waals surface area contributed by atoms with Crippen molar-refractivity contribution in [2.45, 2.75) is 51.7 Å². The standard InChI is InChI=1S/C22H23N5O3/c1-11(2)27-20-16(10-23-27)15(9-17(25-20)13-4-5-13)22(29)24-14-6-7-19-18(8-14)26-21(28)12(3)30-19/h6-13H,4-5H2,1-3H3,(H,24,29)(H,26,28). The molecule has 0 saturated heterocycles. The monoisotopic (exact) mass is 405 g/mol. The Balaban J connectivity index is 1.49. The molecule has 1 fully saturated rings. The first-order chi connectivity index (χ1) is 14.4. The Hall–Kier alpha value is -3.42. The topological polar surface area (TPSA) is 98.1 Å². The molecule has 2 amide bonds. The summed E-state index contributed by atoms with van der Waals surface area (Å²) in [5.74, 6) is 0.552. The number of ether oxygens (including phenoxy) is 1. The fourth-order valence-corrected chi connectivity index (χ4v) is 3.68. The van der Waals surface area contributed by atoms with Crippen LogP contribution in [0.25, 0.3) is 11.0 Å². The molecule has 154 valence electrons. The van der Waals surface area contributed by atoms with Crippen molar-refractivity contribution >= 4 is 34.2 Å². The molecule has 2 aliphatic rings. The molecule has 8 heteroatoms. The van der Waals surface area contributed by atoms with E-state index < -0.39 is 6.10 Å². The van der Waals surface area contributed by atoms with Crippen LogP contribution in [-0.4, -0.2) is 32.7 Å². The zero-order chi connectivity index (χ0) is 21.0. The van der Waals surface area contributed by atoms with Crippen LogP contribution >= 0.6 is 0 Å². The Morgan fingerprint density at radius 3 is 2.83 bits per heavy atom. The van der Waals surface area contributed by atoms with E-state index in [1.165, 1.54) is 0 Å². The predicted octanol–water partition coefficient (Wildman–Crippen LogP) is 3.86. The third-order valence-corrected chi connectivity index (χ3v) is 5.48. The average molecular weight is 405 g/mol. The van der Waals surface area contributed by atoms with Crippen LogP contribution in [0.2, 0.25) is 0 Å². The van der Waals surface area contributed by atoms with Gasteiger partial charge in [0.1, 0.15) is 5.75 Å². The maximum absolute atomic E-state index is 13.2. The van der Waals surface area contributed by atoms with Crippen molar-refractivity contribution in [1.82, 2.24) is 14.8 Å². The maximum Gasteiger partial charge on any atom is 0.265 e. The van der Waals surface area contributed by atoms with Gasteiger partial charge in [0.2, 0.25) is 0 Å². The molecule has 1 aromatic carbocycles. The number of nitrogens with zero attached hydrogens (tertiary/aromatic N) is 3. The predicted molar refractivity (Wildman–Crippen MR) is 113 cm³/mol. The first kappa shape index (κ1) is 18.6. The zero-order valence-corrected chi connectivity index (χ0v) is 17.1. The second kappa shape index (κ2) is 6.83. The van der Waals surface area contributed by atoms with Crippen molar-refractivity contribution < 1.29 is 14.3 Å².